The van der Waals surface area contributed by atoms with Crippen molar-refractivity contribution in [2.45, 2.75) is 51.2 Å². The Morgan fingerprint density at radius 1 is 1.50 bits per heavy atom. The molecule has 2 aliphatic heterocycles. The summed E-state index contributed by atoms with van der Waals surface area (Å²) in [6, 6.07) is 1.86. The van der Waals surface area contributed by atoms with Gasteiger partial charge in [0.25, 0.3) is 0 Å². The molecule has 106 valence electrons. The fourth-order valence-corrected chi connectivity index (χ4v) is 3.16. The van der Waals surface area contributed by atoms with Crippen LogP contribution in [0.1, 0.15) is 33.1 Å². The predicted octanol–water partition coefficient (Wildman–Crippen LogP) is 0.827. The lowest BCUT2D eigenvalue weighted by atomic mass is 10.1. The highest BCUT2D eigenvalue weighted by molar-refractivity contribution is 4.82. The summed E-state index contributed by atoms with van der Waals surface area (Å²) in [6.07, 6.45) is 3.89. The van der Waals surface area contributed by atoms with Crippen LogP contribution in [0.2, 0.25) is 0 Å². The maximum atomic E-state index is 5.50. The molecule has 2 aliphatic rings. The molecule has 0 aromatic carbocycles. The van der Waals surface area contributed by atoms with Gasteiger partial charge < -0.3 is 15.4 Å². The van der Waals surface area contributed by atoms with Crippen LogP contribution >= 0.6 is 0 Å². The number of ether oxygens (including phenoxy) is 1. The summed E-state index contributed by atoms with van der Waals surface area (Å²) in [5.74, 6) is 0. The minimum Gasteiger partial charge on any atom is -0.379 e. The largest absolute Gasteiger partial charge is 0.379 e. The van der Waals surface area contributed by atoms with Crippen molar-refractivity contribution in [1.82, 2.24) is 15.5 Å². The van der Waals surface area contributed by atoms with Crippen LogP contribution in [0.15, 0.2) is 0 Å². The molecular weight excluding hydrogens is 226 g/mol. The minimum absolute atomic E-state index is 0.534. The van der Waals surface area contributed by atoms with Crippen molar-refractivity contribution in [3.8, 4) is 0 Å². The number of nitrogens with one attached hydrogen (secondary N) is 2. The maximum absolute atomic E-state index is 5.50. The lowest BCUT2D eigenvalue weighted by molar-refractivity contribution is 0.0709. The van der Waals surface area contributed by atoms with Gasteiger partial charge in [-0.25, -0.2) is 0 Å². The van der Waals surface area contributed by atoms with E-state index in [0.29, 0.717) is 12.1 Å². The zero-order chi connectivity index (χ0) is 12.8. The molecular formula is C14H29N3O. The Balaban J connectivity index is 1.63. The van der Waals surface area contributed by atoms with Gasteiger partial charge in [0.15, 0.2) is 0 Å². The molecule has 0 amide bonds. The lowest BCUT2D eigenvalue weighted by Gasteiger charge is -2.29. The molecule has 18 heavy (non-hydrogen) atoms. The highest BCUT2D eigenvalue weighted by atomic mass is 16.5. The maximum Gasteiger partial charge on any atom is 0.0620 e. The van der Waals surface area contributed by atoms with Crippen molar-refractivity contribution in [1.29, 1.82) is 0 Å². The number of likely N-dealkylation sites (N-methyl/N-ethyl adjacent to an activating group) is 1. The lowest BCUT2D eigenvalue weighted by Crippen LogP contribution is -2.47. The van der Waals surface area contributed by atoms with E-state index in [1.54, 1.807) is 0 Å². The Hall–Kier alpha value is -0.160. The minimum atomic E-state index is 0.534. The van der Waals surface area contributed by atoms with Gasteiger partial charge in [0.05, 0.1) is 13.2 Å². The van der Waals surface area contributed by atoms with Gasteiger partial charge >= 0.3 is 0 Å². The van der Waals surface area contributed by atoms with Crippen molar-refractivity contribution in [3.63, 3.8) is 0 Å². The van der Waals surface area contributed by atoms with Crippen molar-refractivity contribution in [2.24, 2.45) is 0 Å². The van der Waals surface area contributed by atoms with Gasteiger partial charge in [0.1, 0.15) is 0 Å². The van der Waals surface area contributed by atoms with E-state index in [0.717, 1.165) is 32.3 Å². The predicted molar refractivity (Wildman–Crippen MR) is 75.0 cm³/mol. The average Bonchev–Trinajstić information content (AvgIpc) is 2.85. The van der Waals surface area contributed by atoms with E-state index in [1.165, 1.54) is 32.4 Å². The van der Waals surface area contributed by atoms with Crippen LogP contribution in [-0.2, 0) is 4.74 Å². The molecule has 3 unspecified atom stereocenters. The molecule has 2 rings (SSSR count). The number of hydrogen-bond acceptors (Lipinski definition) is 4. The molecule has 0 saturated carbocycles. The summed E-state index contributed by atoms with van der Waals surface area (Å²) in [5, 5.41) is 7.22. The van der Waals surface area contributed by atoms with Gasteiger partial charge in [-0.1, -0.05) is 6.92 Å². The molecule has 2 heterocycles. The fourth-order valence-electron chi connectivity index (χ4n) is 3.16. The van der Waals surface area contributed by atoms with Gasteiger partial charge in [-0.15, -0.1) is 0 Å². The second-order valence-electron chi connectivity index (χ2n) is 5.70. The number of morpholine rings is 1. The highest BCUT2D eigenvalue weighted by Gasteiger charge is 2.23. The van der Waals surface area contributed by atoms with Crippen molar-refractivity contribution < 1.29 is 4.74 Å². The molecule has 0 spiro atoms. The molecule has 2 fully saturated rings. The zero-order valence-corrected chi connectivity index (χ0v) is 12.0. The molecule has 0 aromatic rings. The number of rotatable bonds is 6. The Bertz CT molecular complexity index is 231. The normalized spacial score (nSPS) is 31.7. The summed E-state index contributed by atoms with van der Waals surface area (Å²) in [6.45, 7) is 10.9. The van der Waals surface area contributed by atoms with Crippen LogP contribution in [0, 0.1) is 0 Å². The van der Waals surface area contributed by atoms with Crippen LogP contribution in [-0.4, -0.2) is 62.4 Å². The SMILES string of the molecule is CCN1CCCC1CNC(C)CC1COCCN1. The Morgan fingerprint density at radius 2 is 2.39 bits per heavy atom. The standard InChI is InChI=1S/C14H29N3O/c1-3-17-7-4-5-14(17)10-16-12(2)9-13-11-18-8-6-15-13/h12-16H,3-11H2,1-2H3. The quantitative estimate of drug-likeness (QED) is 0.737. The Morgan fingerprint density at radius 3 is 3.11 bits per heavy atom. The monoisotopic (exact) mass is 255 g/mol. The van der Waals surface area contributed by atoms with Crippen LogP contribution in [0.5, 0.6) is 0 Å². The molecule has 2 saturated heterocycles. The summed E-state index contributed by atoms with van der Waals surface area (Å²) in [5.41, 5.74) is 0. The number of nitrogens with zero attached hydrogens (tertiary/aromatic N) is 1. The molecule has 2 N–H and O–H groups in total. The molecule has 3 atom stereocenters. The smallest absolute Gasteiger partial charge is 0.0620 e. The van der Waals surface area contributed by atoms with Crippen LogP contribution < -0.4 is 10.6 Å². The molecule has 0 bridgehead atoms. The van der Waals surface area contributed by atoms with E-state index in [9.17, 15) is 0 Å². The molecule has 4 heteroatoms. The first kappa shape index (κ1) is 14.3. The van der Waals surface area contributed by atoms with Crippen LogP contribution in [0.4, 0.5) is 0 Å². The number of likely N-dealkylation sites (tertiary alicyclic amines) is 1. The number of hydrogen-bond donors (Lipinski definition) is 2. The van der Waals surface area contributed by atoms with E-state index in [2.05, 4.69) is 29.4 Å². The summed E-state index contributed by atoms with van der Waals surface area (Å²) >= 11 is 0. The summed E-state index contributed by atoms with van der Waals surface area (Å²) in [4.78, 5) is 2.60. The third-order valence-electron chi connectivity index (χ3n) is 4.24. The fraction of sp³-hybridized carbons (Fsp3) is 1.00. The van der Waals surface area contributed by atoms with E-state index in [4.69, 9.17) is 4.74 Å². The van der Waals surface area contributed by atoms with E-state index >= 15 is 0 Å². The third-order valence-corrected chi connectivity index (χ3v) is 4.24. The topological polar surface area (TPSA) is 36.5 Å². The van der Waals surface area contributed by atoms with Crippen LogP contribution in [0.25, 0.3) is 0 Å². The van der Waals surface area contributed by atoms with Crippen molar-refractivity contribution >= 4 is 0 Å². The molecule has 4 nitrogen and oxygen atoms in total. The van der Waals surface area contributed by atoms with Gasteiger partial charge in [-0.3, -0.25) is 4.90 Å². The zero-order valence-electron chi connectivity index (χ0n) is 12.0. The average molecular weight is 255 g/mol. The van der Waals surface area contributed by atoms with Gasteiger partial charge in [-0.05, 0) is 39.3 Å². The van der Waals surface area contributed by atoms with Crippen molar-refractivity contribution in [3.05, 3.63) is 0 Å². The van der Waals surface area contributed by atoms with Gasteiger partial charge in [-0.2, -0.15) is 0 Å². The Kier molecular flexibility index (Phi) is 5.89. The molecule has 0 radical (unpaired) electrons. The second kappa shape index (κ2) is 7.43. The third kappa shape index (κ3) is 4.19. The first-order valence-electron chi connectivity index (χ1n) is 7.58. The Labute approximate surface area is 111 Å². The molecule has 0 aromatic heterocycles. The van der Waals surface area contributed by atoms with E-state index in [1.807, 2.05) is 0 Å². The molecule has 0 aliphatic carbocycles. The first-order chi connectivity index (χ1) is 8.79. The first-order valence-corrected chi connectivity index (χ1v) is 7.58. The van der Waals surface area contributed by atoms with E-state index < -0.39 is 0 Å². The highest BCUT2D eigenvalue weighted by Crippen LogP contribution is 2.16. The van der Waals surface area contributed by atoms with Gasteiger partial charge in [0, 0.05) is 31.2 Å². The van der Waals surface area contributed by atoms with Gasteiger partial charge in [0.2, 0.25) is 0 Å². The van der Waals surface area contributed by atoms with E-state index in [-0.39, 0.29) is 0 Å². The van der Waals surface area contributed by atoms with Crippen LogP contribution in [0.3, 0.4) is 0 Å². The summed E-state index contributed by atoms with van der Waals surface area (Å²) < 4.78 is 5.50. The second-order valence-corrected chi connectivity index (χ2v) is 5.70. The summed E-state index contributed by atoms with van der Waals surface area (Å²) in [7, 11) is 0. The van der Waals surface area contributed by atoms with Crippen molar-refractivity contribution in [2.75, 3.05) is 39.4 Å².